The minimum atomic E-state index is -1.78. The molecule has 14 nitrogen and oxygen atoms in total. The summed E-state index contributed by atoms with van der Waals surface area (Å²) in [5.41, 5.74) is 0. The monoisotopic (exact) mass is 1020 g/mol. The van der Waals surface area contributed by atoms with E-state index in [1.54, 1.807) is 0 Å². The third kappa shape index (κ3) is 30.2. The van der Waals surface area contributed by atoms with Gasteiger partial charge in [-0.3, -0.25) is 4.79 Å². The lowest BCUT2D eigenvalue weighted by Crippen LogP contribution is -2.65. The highest BCUT2D eigenvalue weighted by atomic mass is 16.7. The Hall–Kier alpha value is -1.27. The number of aliphatic hydroxyl groups is 8. The number of amides is 1. The van der Waals surface area contributed by atoms with Crippen molar-refractivity contribution >= 4 is 5.91 Å². The maximum atomic E-state index is 13.1. The zero-order chi connectivity index (χ0) is 51.7. The molecule has 14 heteroatoms. The van der Waals surface area contributed by atoms with Gasteiger partial charge in [-0.25, -0.2) is 0 Å². The van der Waals surface area contributed by atoms with Gasteiger partial charge in [0.25, 0.3) is 0 Å². The number of hydrogen-bond acceptors (Lipinski definition) is 13. The number of allylic oxidation sites excluding steroid dienone is 2. The first-order valence-corrected chi connectivity index (χ1v) is 29.4. The highest BCUT2D eigenvalue weighted by molar-refractivity contribution is 5.76. The van der Waals surface area contributed by atoms with Crippen LogP contribution < -0.4 is 5.32 Å². The maximum absolute atomic E-state index is 13.1. The molecule has 2 aliphatic heterocycles. The van der Waals surface area contributed by atoms with E-state index in [1.165, 1.54) is 161 Å². The molecular formula is C57H109NO13. The van der Waals surface area contributed by atoms with Crippen LogP contribution in [0.25, 0.3) is 0 Å². The van der Waals surface area contributed by atoms with Crippen molar-refractivity contribution in [3.8, 4) is 0 Å². The average Bonchev–Trinajstić information content (AvgIpc) is 3.37. The predicted octanol–water partition coefficient (Wildman–Crippen LogP) is 9.50. The molecule has 0 spiro atoms. The Labute approximate surface area is 431 Å². The van der Waals surface area contributed by atoms with Crippen LogP contribution in [0.2, 0.25) is 0 Å². The first-order chi connectivity index (χ1) is 34.6. The Morgan fingerprint density at radius 3 is 1.34 bits per heavy atom. The van der Waals surface area contributed by atoms with Gasteiger partial charge >= 0.3 is 0 Å². The van der Waals surface area contributed by atoms with Crippen LogP contribution in [0.15, 0.2) is 12.2 Å². The van der Waals surface area contributed by atoms with Crippen LogP contribution in [0.1, 0.15) is 251 Å². The van der Waals surface area contributed by atoms with Crippen LogP contribution >= 0.6 is 0 Å². The summed E-state index contributed by atoms with van der Waals surface area (Å²) in [5.74, 6) is -0.208. The average molecular weight is 1020 g/mol. The van der Waals surface area contributed by atoms with E-state index < -0.39 is 86.8 Å². The van der Waals surface area contributed by atoms with Crippen molar-refractivity contribution in [2.75, 3.05) is 19.8 Å². The first-order valence-electron chi connectivity index (χ1n) is 29.4. The van der Waals surface area contributed by atoms with Crippen molar-refractivity contribution in [2.24, 2.45) is 0 Å². The van der Waals surface area contributed by atoms with Gasteiger partial charge in [0, 0.05) is 6.42 Å². The molecule has 0 saturated carbocycles. The van der Waals surface area contributed by atoms with Crippen molar-refractivity contribution in [1.29, 1.82) is 0 Å². The molecule has 420 valence electrons. The standard InChI is InChI=1S/C57H109NO13/c1-3-5-7-9-11-12-13-14-15-16-17-18-19-20-21-22-23-24-25-26-27-28-29-30-31-32-33-34-35-37-39-41-49(62)58-45(46(61)40-38-36-10-8-6-4-2)44-68-56-54(67)52(65)55(48(43-60)70-56)71-57-53(66)51(64)50(63)47(42-59)69-57/h16-17,45-48,50-57,59-61,63-67H,3-15,18-44H2,1-2H3,(H,58,62)/b17-16-. The van der Waals surface area contributed by atoms with E-state index >= 15 is 0 Å². The molecule has 2 saturated heterocycles. The molecule has 9 N–H and O–H groups in total. The van der Waals surface area contributed by atoms with Crippen LogP contribution in [0.5, 0.6) is 0 Å². The number of ether oxygens (including phenoxy) is 4. The van der Waals surface area contributed by atoms with E-state index in [2.05, 4.69) is 31.3 Å². The molecule has 12 unspecified atom stereocenters. The molecule has 0 aromatic carbocycles. The lowest BCUT2D eigenvalue weighted by molar-refractivity contribution is -0.359. The van der Waals surface area contributed by atoms with Crippen molar-refractivity contribution in [1.82, 2.24) is 5.32 Å². The zero-order valence-corrected chi connectivity index (χ0v) is 45.0. The Bertz CT molecular complexity index is 1240. The van der Waals surface area contributed by atoms with Gasteiger partial charge in [-0.1, -0.05) is 219 Å². The summed E-state index contributed by atoms with van der Waals surface area (Å²) in [4.78, 5) is 13.1. The summed E-state index contributed by atoms with van der Waals surface area (Å²) < 4.78 is 22.7. The molecule has 1 amide bonds. The van der Waals surface area contributed by atoms with Crippen LogP contribution in [-0.2, 0) is 23.7 Å². The Kier molecular flexibility index (Phi) is 40.7. The number of carbonyl (C=O) groups is 1. The van der Waals surface area contributed by atoms with E-state index in [0.29, 0.717) is 12.8 Å². The molecule has 0 bridgehead atoms. The lowest BCUT2D eigenvalue weighted by atomic mass is 9.97. The van der Waals surface area contributed by atoms with Crippen molar-refractivity contribution < 1.29 is 64.6 Å². The Morgan fingerprint density at radius 1 is 0.493 bits per heavy atom. The van der Waals surface area contributed by atoms with E-state index in [1.807, 2.05) is 0 Å². The summed E-state index contributed by atoms with van der Waals surface area (Å²) in [6.45, 7) is 2.80. The highest BCUT2D eigenvalue weighted by Gasteiger charge is 2.51. The van der Waals surface area contributed by atoms with E-state index in [9.17, 15) is 45.6 Å². The minimum Gasteiger partial charge on any atom is -0.394 e. The van der Waals surface area contributed by atoms with Gasteiger partial charge < -0.3 is 65.1 Å². The number of aliphatic hydroxyl groups excluding tert-OH is 8. The summed E-state index contributed by atoms with van der Waals surface area (Å²) in [6.07, 6.45) is 32.9. The van der Waals surface area contributed by atoms with Crippen LogP contribution in [0.3, 0.4) is 0 Å². The molecule has 2 fully saturated rings. The normalized spacial score (nSPS) is 25.8. The molecule has 0 aliphatic carbocycles. The van der Waals surface area contributed by atoms with Gasteiger partial charge in [0.1, 0.15) is 48.8 Å². The molecule has 71 heavy (non-hydrogen) atoms. The summed E-state index contributed by atoms with van der Waals surface area (Å²) in [6, 6.07) is -0.821. The first kappa shape index (κ1) is 65.8. The molecule has 12 atom stereocenters. The van der Waals surface area contributed by atoms with E-state index in [0.717, 1.165) is 64.2 Å². The zero-order valence-electron chi connectivity index (χ0n) is 45.0. The second kappa shape index (κ2) is 43.9. The Morgan fingerprint density at radius 2 is 0.887 bits per heavy atom. The van der Waals surface area contributed by atoms with Crippen LogP contribution in [-0.4, -0.2) is 140 Å². The highest BCUT2D eigenvalue weighted by Crippen LogP contribution is 2.30. The summed E-state index contributed by atoms with van der Waals surface area (Å²) in [7, 11) is 0. The number of rotatable bonds is 47. The van der Waals surface area contributed by atoms with Gasteiger partial charge in [-0.05, 0) is 38.5 Å². The molecular weight excluding hydrogens is 907 g/mol. The maximum Gasteiger partial charge on any atom is 0.220 e. The summed E-state index contributed by atoms with van der Waals surface area (Å²) in [5, 5.41) is 86.6. The number of carbonyl (C=O) groups excluding carboxylic acids is 1. The second-order valence-electron chi connectivity index (χ2n) is 21.1. The SMILES string of the molecule is CCCCCCCCCC/C=C\CCCCCCCCCCCCCCCCCCCCCC(=O)NC(COC1OC(CO)C(OC2OC(CO)C(O)C(O)C2O)C(O)C1O)C(O)CCCCCCCC. The Balaban J connectivity index is 1.56. The largest absolute Gasteiger partial charge is 0.394 e. The number of hydrogen-bond donors (Lipinski definition) is 9. The molecule has 0 aromatic heterocycles. The van der Waals surface area contributed by atoms with Gasteiger partial charge in [0.15, 0.2) is 12.6 Å². The van der Waals surface area contributed by atoms with Crippen LogP contribution in [0, 0.1) is 0 Å². The van der Waals surface area contributed by atoms with Gasteiger partial charge in [0.05, 0.1) is 32.0 Å². The van der Waals surface area contributed by atoms with E-state index in [-0.39, 0.29) is 12.5 Å². The molecule has 0 aromatic rings. The third-order valence-electron chi connectivity index (χ3n) is 14.7. The topological polar surface area (TPSA) is 228 Å². The molecule has 0 radical (unpaired) electrons. The molecule has 2 rings (SSSR count). The fraction of sp³-hybridized carbons (Fsp3) is 0.947. The van der Waals surface area contributed by atoms with Crippen molar-refractivity contribution in [2.45, 2.75) is 325 Å². The van der Waals surface area contributed by atoms with Gasteiger partial charge in [-0.2, -0.15) is 0 Å². The fourth-order valence-corrected chi connectivity index (χ4v) is 9.94. The summed E-state index contributed by atoms with van der Waals surface area (Å²) >= 11 is 0. The predicted molar refractivity (Wildman–Crippen MR) is 282 cm³/mol. The van der Waals surface area contributed by atoms with Crippen LogP contribution in [0.4, 0.5) is 0 Å². The minimum absolute atomic E-state index is 0.208. The van der Waals surface area contributed by atoms with Gasteiger partial charge in [0.2, 0.25) is 5.91 Å². The fourth-order valence-electron chi connectivity index (χ4n) is 9.94. The number of unbranched alkanes of at least 4 members (excludes halogenated alkanes) is 32. The quantitative estimate of drug-likeness (QED) is 0.0205. The van der Waals surface area contributed by atoms with E-state index in [4.69, 9.17) is 18.9 Å². The van der Waals surface area contributed by atoms with Crippen molar-refractivity contribution in [3.05, 3.63) is 12.2 Å². The smallest absolute Gasteiger partial charge is 0.220 e. The lowest BCUT2D eigenvalue weighted by Gasteiger charge is -2.46. The third-order valence-corrected chi connectivity index (χ3v) is 14.7. The molecule has 2 heterocycles. The van der Waals surface area contributed by atoms with Gasteiger partial charge in [-0.15, -0.1) is 0 Å². The second-order valence-corrected chi connectivity index (χ2v) is 21.1. The number of nitrogens with one attached hydrogen (secondary N) is 1. The molecule has 2 aliphatic rings. The van der Waals surface area contributed by atoms with Crippen molar-refractivity contribution in [3.63, 3.8) is 0 Å².